The van der Waals surface area contributed by atoms with E-state index in [2.05, 4.69) is 24.3 Å². The van der Waals surface area contributed by atoms with Gasteiger partial charge in [-0.25, -0.2) is 10.4 Å². The third-order valence-electron chi connectivity index (χ3n) is 3.16. The third-order valence-corrected chi connectivity index (χ3v) is 3.16. The lowest BCUT2D eigenvalue weighted by Crippen LogP contribution is -2.43. The molecule has 0 aromatic heterocycles. The van der Waals surface area contributed by atoms with Crippen LogP contribution in [0.4, 0.5) is 0 Å². The number of nitrogens with one attached hydrogen (secondary N) is 1. The van der Waals surface area contributed by atoms with Crippen molar-refractivity contribution in [3.05, 3.63) is 0 Å². The Bertz CT molecular complexity index is 242. The molecule has 1 aliphatic rings. The molecule has 0 radical (unpaired) electrons. The summed E-state index contributed by atoms with van der Waals surface area (Å²) >= 11 is 0. The molecule has 1 rings (SSSR count). The van der Waals surface area contributed by atoms with E-state index in [0.717, 1.165) is 6.42 Å². The zero-order valence-electron chi connectivity index (χ0n) is 10.8. The van der Waals surface area contributed by atoms with Gasteiger partial charge in [0.05, 0.1) is 6.04 Å². The molecule has 1 N–H and O–H groups in total. The predicted octanol–water partition coefficient (Wildman–Crippen LogP) is 1.83. The van der Waals surface area contributed by atoms with Gasteiger partial charge in [0.2, 0.25) is 0 Å². The Morgan fingerprint density at radius 3 is 2.27 bits per heavy atom. The van der Waals surface area contributed by atoms with E-state index in [1.54, 1.807) is 0 Å². The average molecular weight is 212 g/mol. The zero-order valence-corrected chi connectivity index (χ0v) is 10.8. The first kappa shape index (κ1) is 12.7. The molecule has 3 heteroatoms. The lowest BCUT2D eigenvalue weighted by molar-refractivity contribution is -0.128. The summed E-state index contributed by atoms with van der Waals surface area (Å²) in [7, 11) is 2.03. The van der Waals surface area contributed by atoms with E-state index >= 15 is 0 Å². The van der Waals surface area contributed by atoms with Crippen molar-refractivity contribution >= 4 is 5.78 Å². The van der Waals surface area contributed by atoms with Gasteiger partial charge in [0.15, 0.2) is 5.78 Å². The molecular formula is C12H24N2O. The standard InChI is InChI=1S/C12H24N2O/c1-8(2)10-7-9(13-14(10)6)11(15)12(3,4)5/h8-10,13H,7H2,1-6H3. The number of hydrazine groups is 1. The Morgan fingerprint density at radius 1 is 1.40 bits per heavy atom. The van der Waals surface area contributed by atoms with Crippen molar-refractivity contribution < 1.29 is 4.79 Å². The van der Waals surface area contributed by atoms with E-state index in [-0.39, 0.29) is 11.5 Å². The first-order valence-electron chi connectivity index (χ1n) is 5.77. The molecule has 0 aromatic carbocycles. The number of rotatable bonds is 2. The van der Waals surface area contributed by atoms with Gasteiger partial charge in [-0.05, 0) is 12.3 Å². The van der Waals surface area contributed by atoms with Crippen LogP contribution in [0.15, 0.2) is 0 Å². The molecule has 2 atom stereocenters. The first-order chi connectivity index (χ1) is 6.73. The minimum atomic E-state index is -0.246. The van der Waals surface area contributed by atoms with Gasteiger partial charge in [-0.2, -0.15) is 0 Å². The predicted molar refractivity (Wildman–Crippen MR) is 62.4 cm³/mol. The summed E-state index contributed by atoms with van der Waals surface area (Å²) < 4.78 is 0. The number of hydrogen-bond donors (Lipinski definition) is 1. The van der Waals surface area contributed by atoms with Crippen molar-refractivity contribution in [2.24, 2.45) is 11.3 Å². The molecule has 1 heterocycles. The number of nitrogens with zero attached hydrogens (tertiary/aromatic N) is 1. The Balaban J connectivity index is 2.67. The molecular weight excluding hydrogens is 188 g/mol. The molecule has 0 aromatic rings. The summed E-state index contributed by atoms with van der Waals surface area (Å²) in [6.07, 6.45) is 0.935. The second-order valence-corrected chi connectivity index (χ2v) is 5.95. The number of hydrogen-bond acceptors (Lipinski definition) is 3. The minimum Gasteiger partial charge on any atom is -0.297 e. The van der Waals surface area contributed by atoms with Crippen molar-refractivity contribution in [3.8, 4) is 0 Å². The molecule has 0 amide bonds. The van der Waals surface area contributed by atoms with Crippen molar-refractivity contribution in [2.45, 2.75) is 53.1 Å². The van der Waals surface area contributed by atoms with Crippen LogP contribution < -0.4 is 5.43 Å². The average Bonchev–Trinajstić information content (AvgIpc) is 2.44. The van der Waals surface area contributed by atoms with Crippen molar-refractivity contribution in [3.63, 3.8) is 0 Å². The smallest absolute Gasteiger partial charge is 0.156 e. The fourth-order valence-electron chi connectivity index (χ4n) is 2.20. The summed E-state index contributed by atoms with van der Waals surface area (Å²) in [4.78, 5) is 12.1. The summed E-state index contributed by atoms with van der Waals surface area (Å²) in [5, 5.41) is 2.10. The highest BCUT2D eigenvalue weighted by molar-refractivity contribution is 5.88. The van der Waals surface area contributed by atoms with Gasteiger partial charge in [-0.3, -0.25) is 4.79 Å². The zero-order chi connectivity index (χ0) is 11.8. The highest BCUT2D eigenvalue weighted by Gasteiger charge is 2.38. The fraction of sp³-hybridized carbons (Fsp3) is 0.917. The lowest BCUT2D eigenvalue weighted by Gasteiger charge is -2.22. The Morgan fingerprint density at radius 2 is 1.93 bits per heavy atom. The summed E-state index contributed by atoms with van der Waals surface area (Å²) in [6.45, 7) is 10.4. The van der Waals surface area contributed by atoms with E-state index in [9.17, 15) is 4.79 Å². The van der Waals surface area contributed by atoms with Crippen LogP contribution in [0, 0.1) is 11.3 Å². The van der Waals surface area contributed by atoms with Crippen LogP contribution in [0.1, 0.15) is 41.0 Å². The monoisotopic (exact) mass is 212 g/mol. The van der Waals surface area contributed by atoms with Crippen molar-refractivity contribution in [2.75, 3.05) is 7.05 Å². The van der Waals surface area contributed by atoms with Crippen LogP contribution >= 0.6 is 0 Å². The van der Waals surface area contributed by atoms with E-state index < -0.39 is 0 Å². The quantitative estimate of drug-likeness (QED) is 0.758. The number of carbonyl (C=O) groups excluding carboxylic acids is 1. The van der Waals surface area contributed by atoms with Crippen LogP contribution in [-0.4, -0.2) is 29.9 Å². The Hall–Kier alpha value is -0.410. The summed E-state index contributed by atoms with van der Waals surface area (Å²) in [5.41, 5.74) is 3.03. The van der Waals surface area contributed by atoms with Crippen LogP contribution in [-0.2, 0) is 4.79 Å². The maximum absolute atomic E-state index is 12.1. The van der Waals surface area contributed by atoms with Gasteiger partial charge < -0.3 is 0 Å². The fourth-order valence-corrected chi connectivity index (χ4v) is 2.20. The molecule has 0 saturated carbocycles. The van der Waals surface area contributed by atoms with E-state index in [4.69, 9.17) is 0 Å². The van der Waals surface area contributed by atoms with E-state index in [0.29, 0.717) is 17.7 Å². The van der Waals surface area contributed by atoms with Crippen molar-refractivity contribution in [1.29, 1.82) is 0 Å². The topological polar surface area (TPSA) is 32.3 Å². The van der Waals surface area contributed by atoms with Gasteiger partial charge in [-0.15, -0.1) is 0 Å². The van der Waals surface area contributed by atoms with Crippen LogP contribution in [0.5, 0.6) is 0 Å². The largest absolute Gasteiger partial charge is 0.297 e. The molecule has 88 valence electrons. The second kappa shape index (κ2) is 4.22. The number of carbonyl (C=O) groups is 1. The SMILES string of the molecule is CC(C)C1CC(C(=O)C(C)(C)C)NN1C. The molecule has 2 unspecified atom stereocenters. The summed E-state index contributed by atoms with van der Waals surface area (Å²) in [5.74, 6) is 0.901. The molecule has 1 aliphatic heterocycles. The van der Waals surface area contributed by atoms with E-state index in [1.165, 1.54) is 0 Å². The highest BCUT2D eigenvalue weighted by Crippen LogP contribution is 2.26. The first-order valence-corrected chi connectivity index (χ1v) is 5.77. The molecule has 3 nitrogen and oxygen atoms in total. The molecule has 0 aliphatic carbocycles. The van der Waals surface area contributed by atoms with Crippen LogP contribution in [0.25, 0.3) is 0 Å². The number of Topliss-reactive ketones (excluding diaryl/α,β-unsaturated/α-hetero) is 1. The maximum Gasteiger partial charge on any atom is 0.156 e. The van der Waals surface area contributed by atoms with Gasteiger partial charge in [0.1, 0.15) is 0 Å². The molecule has 1 saturated heterocycles. The molecule has 1 fully saturated rings. The molecule has 0 spiro atoms. The third kappa shape index (κ3) is 2.79. The Labute approximate surface area is 93.2 Å². The maximum atomic E-state index is 12.1. The van der Waals surface area contributed by atoms with Gasteiger partial charge in [0, 0.05) is 18.5 Å². The molecule has 15 heavy (non-hydrogen) atoms. The van der Waals surface area contributed by atoms with Crippen molar-refractivity contribution in [1.82, 2.24) is 10.4 Å². The van der Waals surface area contributed by atoms with E-state index in [1.807, 2.05) is 27.8 Å². The summed E-state index contributed by atoms with van der Waals surface area (Å²) in [6, 6.07) is 0.476. The minimum absolute atomic E-state index is 0.00222. The Kier molecular flexibility index (Phi) is 3.56. The second-order valence-electron chi connectivity index (χ2n) is 5.95. The lowest BCUT2D eigenvalue weighted by atomic mass is 9.84. The normalized spacial score (nSPS) is 28.7. The van der Waals surface area contributed by atoms with Crippen LogP contribution in [0.2, 0.25) is 0 Å². The van der Waals surface area contributed by atoms with Gasteiger partial charge in [0.25, 0.3) is 0 Å². The number of ketones is 1. The highest BCUT2D eigenvalue weighted by atomic mass is 16.1. The van der Waals surface area contributed by atoms with Gasteiger partial charge in [-0.1, -0.05) is 34.6 Å². The molecule has 0 bridgehead atoms. The van der Waals surface area contributed by atoms with Crippen LogP contribution in [0.3, 0.4) is 0 Å². The van der Waals surface area contributed by atoms with Gasteiger partial charge >= 0.3 is 0 Å².